The molecule has 2 rings (SSSR count). The van der Waals surface area contributed by atoms with Crippen molar-refractivity contribution in [2.45, 2.75) is 0 Å². The van der Waals surface area contributed by atoms with Crippen LogP contribution in [0.3, 0.4) is 0 Å². The van der Waals surface area contributed by atoms with Crippen molar-refractivity contribution in [1.82, 2.24) is 9.97 Å². The summed E-state index contributed by atoms with van der Waals surface area (Å²) >= 11 is -1.01. The number of H-pyrrole nitrogens is 2. The predicted molar refractivity (Wildman–Crippen MR) is 45.0 cm³/mol. The molecule has 0 saturated carbocycles. The van der Waals surface area contributed by atoms with Crippen LogP contribution >= 0.6 is 0 Å². The molecule has 60 valence electrons. The van der Waals surface area contributed by atoms with Crippen LogP contribution in [0.2, 0.25) is 0 Å². The van der Waals surface area contributed by atoms with Gasteiger partial charge in [-0.25, -0.2) is 0 Å². The molecule has 12 heavy (non-hydrogen) atoms. The van der Waals surface area contributed by atoms with Crippen molar-refractivity contribution < 1.29 is 3.74 Å². The number of fused-ring (bicyclic) bond motifs is 1. The second-order valence-corrected chi connectivity index (χ2v) is 3.87. The standard InChI is InChI=1S/C7H5AsN2O2/c11-7-9-5-2-1-4(8-12)3-6(5)10-7/h1-3H,(H2,9,10,11). The van der Waals surface area contributed by atoms with Crippen molar-refractivity contribution in [2.24, 2.45) is 0 Å². The van der Waals surface area contributed by atoms with Gasteiger partial charge in [-0.15, -0.1) is 0 Å². The molecule has 1 aromatic heterocycles. The van der Waals surface area contributed by atoms with Gasteiger partial charge in [0.25, 0.3) is 0 Å². The van der Waals surface area contributed by atoms with Crippen LogP contribution in [0.5, 0.6) is 0 Å². The van der Waals surface area contributed by atoms with Gasteiger partial charge >= 0.3 is 73.5 Å². The molecule has 2 N–H and O–H groups in total. The van der Waals surface area contributed by atoms with E-state index >= 15 is 0 Å². The third-order valence-corrected chi connectivity index (χ3v) is 2.63. The summed E-state index contributed by atoms with van der Waals surface area (Å²) in [6.45, 7) is 0. The quantitative estimate of drug-likeness (QED) is 0.643. The normalized spacial score (nSPS) is 11.0. The fourth-order valence-electron chi connectivity index (χ4n) is 1.08. The summed E-state index contributed by atoms with van der Waals surface area (Å²) < 4.78 is 11.3. The zero-order valence-corrected chi connectivity index (χ0v) is 7.87. The molecule has 4 nitrogen and oxygen atoms in total. The second kappa shape index (κ2) is 2.72. The fourth-order valence-corrected chi connectivity index (χ4v) is 1.74. The third-order valence-electron chi connectivity index (χ3n) is 1.60. The molecule has 0 aliphatic carbocycles. The molecule has 0 atom stereocenters. The topological polar surface area (TPSA) is 65.7 Å². The van der Waals surface area contributed by atoms with Crippen LogP contribution in [0, 0.1) is 0 Å². The Labute approximate surface area is 73.9 Å². The molecule has 0 aliphatic heterocycles. The first-order valence-corrected chi connectivity index (χ1v) is 5.05. The Morgan fingerprint density at radius 2 is 1.92 bits per heavy atom. The van der Waals surface area contributed by atoms with E-state index < -0.39 is 15.7 Å². The molecule has 0 spiro atoms. The van der Waals surface area contributed by atoms with Gasteiger partial charge in [0.05, 0.1) is 0 Å². The zero-order chi connectivity index (χ0) is 8.55. The number of benzene rings is 1. The minimum atomic E-state index is -1.01. The number of rotatable bonds is 1. The van der Waals surface area contributed by atoms with E-state index in [1.807, 2.05) is 0 Å². The number of nitrogens with one attached hydrogen (secondary N) is 2. The molecule has 0 radical (unpaired) electrons. The molecular formula is C7H5AsN2O2. The Balaban J connectivity index is 2.82. The van der Waals surface area contributed by atoms with Crippen molar-refractivity contribution in [3.05, 3.63) is 28.7 Å². The van der Waals surface area contributed by atoms with Crippen molar-refractivity contribution >= 4 is 31.1 Å². The van der Waals surface area contributed by atoms with E-state index in [0.29, 0.717) is 5.52 Å². The summed E-state index contributed by atoms with van der Waals surface area (Å²) in [5.41, 5.74) is 1.23. The van der Waals surface area contributed by atoms with Crippen LogP contribution in [0.15, 0.2) is 23.0 Å². The molecule has 0 unspecified atom stereocenters. The van der Waals surface area contributed by atoms with Gasteiger partial charge in [-0.05, 0) is 0 Å². The summed E-state index contributed by atoms with van der Waals surface area (Å²) in [4.78, 5) is 16.0. The van der Waals surface area contributed by atoms with E-state index in [9.17, 15) is 8.53 Å². The molecule has 0 aliphatic rings. The van der Waals surface area contributed by atoms with Gasteiger partial charge in [-0.1, -0.05) is 0 Å². The third kappa shape index (κ3) is 1.14. The van der Waals surface area contributed by atoms with E-state index in [1.165, 1.54) is 0 Å². The molecule has 0 amide bonds. The first-order valence-electron chi connectivity index (χ1n) is 3.35. The van der Waals surface area contributed by atoms with Crippen LogP contribution in [0.25, 0.3) is 11.0 Å². The van der Waals surface area contributed by atoms with E-state index in [0.717, 1.165) is 9.87 Å². The van der Waals surface area contributed by atoms with Gasteiger partial charge in [0.15, 0.2) is 0 Å². The molecule has 0 fully saturated rings. The van der Waals surface area contributed by atoms with Gasteiger partial charge in [-0.3, -0.25) is 0 Å². The number of hydrogen-bond donors (Lipinski definition) is 2. The molecule has 1 heterocycles. The van der Waals surface area contributed by atoms with Crippen LogP contribution in [0.4, 0.5) is 0 Å². The fraction of sp³-hybridized carbons (Fsp3) is 0. The Hall–Kier alpha value is -1.15. The van der Waals surface area contributed by atoms with Gasteiger partial charge in [-0.2, -0.15) is 0 Å². The van der Waals surface area contributed by atoms with E-state index in [4.69, 9.17) is 0 Å². The molecular weight excluding hydrogens is 219 g/mol. The molecule has 5 heteroatoms. The van der Waals surface area contributed by atoms with E-state index in [1.54, 1.807) is 18.2 Å². The number of aromatic nitrogens is 2. The summed E-state index contributed by atoms with van der Waals surface area (Å²) in [6, 6.07) is 5.22. The minimum absolute atomic E-state index is 0.232. The zero-order valence-electron chi connectivity index (χ0n) is 6.00. The summed E-state index contributed by atoms with van der Waals surface area (Å²) in [5.74, 6) is 0. The van der Waals surface area contributed by atoms with Crippen LogP contribution in [-0.4, -0.2) is 25.7 Å². The Bertz CT molecular complexity index is 485. The van der Waals surface area contributed by atoms with E-state index in [2.05, 4.69) is 9.97 Å². The first-order chi connectivity index (χ1) is 5.79. The predicted octanol–water partition coefficient (Wildman–Crippen LogP) is -0.469. The molecule has 2 aromatic rings. The van der Waals surface area contributed by atoms with E-state index in [-0.39, 0.29) is 5.69 Å². The van der Waals surface area contributed by atoms with Crippen LogP contribution in [0.1, 0.15) is 0 Å². The van der Waals surface area contributed by atoms with Crippen molar-refractivity contribution in [1.29, 1.82) is 0 Å². The number of hydrogen-bond acceptors (Lipinski definition) is 2. The Morgan fingerprint density at radius 1 is 1.17 bits per heavy atom. The second-order valence-electron chi connectivity index (χ2n) is 2.40. The van der Waals surface area contributed by atoms with Gasteiger partial charge < -0.3 is 0 Å². The maximum absolute atomic E-state index is 10.8. The maximum atomic E-state index is 10.8. The summed E-state index contributed by atoms with van der Waals surface area (Å²) in [5, 5.41) is 0. The van der Waals surface area contributed by atoms with Crippen LogP contribution in [-0.2, 0) is 3.74 Å². The monoisotopic (exact) mass is 224 g/mol. The van der Waals surface area contributed by atoms with Gasteiger partial charge in [0, 0.05) is 0 Å². The summed E-state index contributed by atoms with van der Waals surface area (Å²) in [6.07, 6.45) is 0. The Morgan fingerprint density at radius 3 is 2.67 bits per heavy atom. The summed E-state index contributed by atoms with van der Waals surface area (Å²) in [7, 11) is 0. The molecule has 1 aromatic carbocycles. The van der Waals surface area contributed by atoms with Gasteiger partial charge in [0.2, 0.25) is 0 Å². The van der Waals surface area contributed by atoms with Crippen LogP contribution < -0.4 is 10.0 Å². The molecule has 0 saturated heterocycles. The Kier molecular flexibility index (Phi) is 1.70. The number of aromatic amines is 2. The first kappa shape index (κ1) is 7.50. The number of imidazole rings is 1. The average Bonchev–Trinajstić information content (AvgIpc) is 2.43. The van der Waals surface area contributed by atoms with Crippen molar-refractivity contribution in [2.75, 3.05) is 0 Å². The SMILES string of the molecule is O=[As]c1ccc2[nH]c(=O)[nH]c2c1. The van der Waals surface area contributed by atoms with Crippen molar-refractivity contribution in [3.63, 3.8) is 0 Å². The van der Waals surface area contributed by atoms with Gasteiger partial charge in [0.1, 0.15) is 0 Å². The average molecular weight is 224 g/mol. The van der Waals surface area contributed by atoms with Crippen molar-refractivity contribution in [3.8, 4) is 0 Å². The molecule has 0 bridgehead atoms.